The lowest BCUT2D eigenvalue weighted by Crippen LogP contribution is -2.55. The molecule has 1 aliphatic rings. The van der Waals surface area contributed by atoms with E-state index in [1.807, 2.05) is 13.8 Å². The maximum atomic E-state index is 12.9. The second-order valence-corrected chi connectivity index (χ2v) is 7.65. The summed E-state index contributed by atoms with van der Waals surface area (Å²) in [6, 6.07) is 4.49. The van der Waals surface area contributed by atoms with E-state index in [-0.39, 0.29) is 41.6 Å². The first-order valence-electron chi connectivity index (χ1n) is 10.3. The highest BCUT2D eigenvalue weighted by molar-refractivity contribution is 5.80. The Morgan fingerprint density at radius 1 is 1.23 bits per heavy atom. The second kappa shape index (κ2) is 9.49. The molecule has 0 bridgehead atoms. The average Bonchev–Trinajstić information content (AvgIpc) is 3.20. The Morgan fingerprint density at radius 3 is 2.68 bits per heavy atom. The van der Waals surface area contributed by atoms with Crippen LogP contribution in [0.3, 0.4) is 0 Å². The Balaban J connectivity index is 1.60. The van der Waals surface area contributed by atoms with Gasteiger partial charge in [0.25, 0.3) is 5.89 Å². The van der Waals surface area contributed by atoms with Crippen molar-refractivity contribution in [2.24, 2.45) is 0 Å². The number of amides is 2. The normalized spacial score (nSPS) is 17.1. The van der Waals surface area contributed by atoms with Gasteiger partial charge in [0, 0.05) is 37.7 Å². The molecule has 1 aromatic carbocycles. The highest BCUT2D eigenvalue weighted by Crippen LogP contribution is 2.31. The van der Waals surface area contributed by atoms with Crippen molar-refractivity contribution >= 4 is 11.8 Å². The van der Waals surface area contributed by atoms with Crippen LogP contribution in [0.1, 0.15) is 44.5 Å². The maximum absolute atomic E-state index is 12.9. The minimum atomic E-state index is -4.48. The van der Waals surface area contributed by atoms with Crippen molar-refractivity contribution in [2.75, 3.05) is 19.6 Å². The average molecular weight is 438 g/mol. The zero-order valence-corrected chi connectivity index (χ0v) is 17.5. The Labute approximate surface area is 178 Å². The van der Waals surface area contributed by atoms with E-state index in [4.69, 9.17) is 4.52 Å². The minimum absolute atomic E-state index is 0.0754. The van der Waals surface area contributed by atoms with E-state index in [0.717, 1.165) is 25.0 Å². The molecule has 1 fully saturated rings. The molecule has 1 atom stereocenters. The molecule has 7 nitrogen and oxygen atoms in total. The van der Waals surface area contributed by atoms with Gasteiger partial charge in [-0.05, 0) is 31.5 Å². The number of rotatable bonds is 6. The van der Waals surface area contributed by atoms with E-state index in [0.29, 0.717) is 26.1 Å². The number of halogens is 3. The highest BCUT2D eigenvalue weighted by Gasteiger charge is 2.32. The van der Waals surface area contributed by atoms with Crippen LogP contribution < -0.4 is 0 Å². The van der Waals surface area contributed by atoms with Gasteiger partial charge in [0.05, 0.1) is 12.0 Å². The SMILES string of the molecule is CCCCC(=O)N1CCN(C(=O)Cc2noc(-c3cccc(C(F)(F)F)c3)n2)CC1C. The predicted octanol–water partition coefficient (Wildman–Crippen LogP) is 3.55. The third-order valence-electron chi connectivity index (χ3n) is 5.26. The molecule has 1 unspecified atom stereocenters. The van der Waals surface area contributed by atoms with Crippen molar-refractivity contribution < 1.29 is 27.3 Å². The molecule has 0 aliphatic carbocycles. The molecule has 31 heavy (non-hydrogen) atoms. The second-order valence-electron chi connectivity index (χ2n) is 7.65. The van der Waals surface area contributed by atoms with Gasteiger partial charge >= 0.3 is 6.18 Å². The van der Waals surface area contributed by atoms with Crippen molar-refractivity contribution in [2.45, 2.75) is 51.7 Å². The molecule has 3 rings (SSSR count). The van der Waals surface area contributed by atoms with E-state index >= 15 is 0 Å². The Kier molecular flexibility index (Phi) is 6.97. The fourth-order valence-electron chi connectivity index (χ4n) is 3.54. The third-order valence-corrected chi connectivity index (χ3v) is 5.26. The highest BCUT2D eigenvalue weighted by atomic mass is 19.4. The number of carbonyl (C=O) groups is 2. The van der Waals surface area contributed by atoms with Crippen LogP contribution in [0.5, 0.6) is 0 Å². The molecule has 2 amide bonds. The number of carbonyl (C=O) groups excluding carboxylic acids is 2. The molecule has 1 aromatic heterocycles. The molecular weight excluding hydrogens is 413 g/mol. The lowest BCUT2D eigenvalue weighted by atomic mass is 10.1. The zero-order valence-electron chi connectivity index (χ0n) is 17.5. The van der Waals surface area contributed by atoms with Crippen LogP contribution in [0.4, 0.5) is 13.2 Å². The number of hydrogen-bond acceptors (Lipinski definition) is 5. The molecule has 0 saturated carbocycles. The number of alkyl halides is 3. The summed E-state index contributed by atoms with van der Waals surface area (Å²) in [5, 5.41) is 3.74. The quantitative estimate of drug-likeness (QED) is 0.689. The monoisotopic (exact) mass is 438 g/mol. The number of unbranched alkanes of at least 4 members (excludes halogenated alkanes) is 1. The molecule has 0 N–H and O–H groups in total. The smallest absolute Gasteiger partial charge is 0.338 e. The van der Waals surface area contributed by atoms with Gasteiger partial charge in [-0.15, -0.1) is 0 Å². The molecule has 0 spiro atoms. The zero-order chi connectivity index (χ0) is 22.6. The summed E-state index contributed by atoms with van der Waals surface area (Å²) in [4.78, 5) is 32.5. The lowest BCUT2D eigenvalue weighted by molar-refractivity contribution is -0.142. The van der Waals surface area contributed by atoms with Crippen molar-refractivity contribution in [1.29, 1.82) is 0 Å². The number of piperazine rings is 1. The number of aromatic nitrogens is 2. The van der Waals surface area contributed by atoms with E-state index in [9.17, 15) is 22.8 Å². The van der Waals surface area contributed by atoms with Gasteiger partial charge in [0.15, 0.2) is 5.82 Å². The van der Waals surface area contributed by atoms with Gasteiger partial charge in [-0.2, -0.15) is 18.2 Å². The number of benzene rings is 1. The van der Waals surface area contributed by atoms with Gasteiger partial charge < -0.3 is 14.3 Å². The van der Waals surface area contributed by atoms with Gasteiger partial charge in [-0.3, -0.25) is 9.59 Å². The number of nitrogens with zero attached hydrogens (tertiary/aromatic N) is 4. The standard InChI is InChI=1S/C21H25F3N4O3/c1-3-4-8-18(29)28-10-9-27(13-14(28)2)19(30)12-17-25-20(31-26-17)15-6-5-7-16(11-15)21(22,23)24/h5-7,11,14H,3-4,8-10,12-13H2,1-2H3. The van der Waals surface area contributed by atoms with Crippen LogP contribution in [-0.4, -0.2) is 57.4 Å². The summed E-state index contributed by atoms with van der Waals surface area (Å²) in [5.41, 5.74) is -0.685. The molecule has 2 aromatic rings. The van der Waals surface area contributed by atoms with Gasteiger partial charge in [0.1, 0.15) is 0 Å². The first kappa shape index (κ1) is 22.8. The topological polar surface area (TPSA) is 79.5 Å². The van der Waals surface area contributed by atoms with E-state index < -0.39 is 11.7 Å². The predicted molar refractivity (Wildman–Crippen MR) is 106 cm³/mol. The van der Waals surface area contributed by atoms with Crippen molar-refractivity contribution in [3.05, 3.63) is 35.7 Å². The van der Waals surface area contributed by atoms with Gasteiger partial charge in [-0.1, -0.05) is 24.6 Å². The van der Waals surface area contributed by atoms with Crippen LogP contribution in [0, 0.1) is 0 Å². The summed E-state index contributed by atoms with van der Waals surface area (Å²) in [7, 11) is 0. The summed E-state index contributed by atoms with van der Waals surface area (Å²) in [6.07, 6.45) is -2.30. The van der Waals surface area contributed by atoms with Gasteiger partial charge in [-0.25, -0.2) is 0 Å². The number of hydrogen-bond donors (Lipinski definition) is 0. The first-order chi connectivity index (χ1) is 14.7. The largest absolute Gasteiger partial charge is 0.416 e. The van der Waals surface area contributed by atoms with Crippen molar-refractivity contribution in [3.8, 4) is 11.5 Å². The van der Waals surface area contributed by atoms with Crippen LogP contribution in [0.2, 0.25) is 0 Å². The van der Waals surface area contributed by atoms with Gasteiger partial charge in [0.2, 0.25) is 11.8 Å². The molecule has 1 saturated heterocycles. The Morgan fingerprint density at radius 2 is 2.00 bits per heavy atom. The maximum Gasteiger partial charge on any atom is 0.416 e. The molecular formula is C21H25F3N4O3. The minimum Gasteiger partial charge on any atom is -0.338 e. The van der Waals surface area contributed by atoms with Crippen molar-refractivity contribution in [1.82, 2.24) is 19.9 Å². The van der Waals surface area contributed by atoms with Crippen molar-refractivity contribution in [3.63, 3.8) is 0 Å². The third kappa shape index (κ3) is 5.62. The van der Waals surface area contributed by atoms with E-state index in [2.05, 4.69) is 10.1 Å². The van der Waals surface area contributed by atoms with Crippen LogP contribution in [0.15, 0.2) is 28.8 Å². The lowest BCUT2D eigenvalue weighted by Gasteiger charge is -2.40. The molecule has 2 heterocycles. The fourth-order valence-corrected chi connectivity index (χ4v) is 3.54. The summed E-state index contributed by atoms with van der Waals surface area (Å²) in [6.45, 7) is 5.23. The van der Waals surface area contributed by atoms with E-state index in [1.54, 1.807) is 9.80 Å². The summed E-state index contributed by atoms with van der Waals surface area (Å²) >= 11 is 0. The van der Waals surface area contributed by atoms with Crippen LogP contribution >= 0.6 is 0 Å². The first-order valence-corrected chi connectivity index (χ1v) is 10.3. The van der Waals surface area contributed by atoms with E-state index in [1.165, 1.54) is 12.1 Å². The Bertz CT molecular complexity index is 929. The molecule has 10 heteroatoms. The summed E-state index contributed by atoms with van der Waals surface area (Å²) < 4.78 is 43.7. The van der Waals surface area contributed by atoms with Crippen LogP contribution in [-0.2, 0) is 22.2 Å². The summed E-state index contributed by atoms with van der Waals surface area (Å²) in [5.74, 6) is -0.0885. The Hall–Kier alpha value is -2.91. The molecule has 168 valence electrons. The molecule has 1 aliphatic heterocycles. The fraction of sp³-hybridized carbons (Fsp3) is 0.524. The molecule has 0 radical (unpaired) electrons. The van der Waals surface area contributed by atoms with Crippen LogP contribution in [0.25, 0.3) is 11.5 Å².